The second kappa shape index (κ2) is 5.28. The van der Waals surface area contributed by atoms with Gasteiger partial charge in [-0.3, -0.25) is 0 Å². The van der Waals surface area contributed by atoms with E-state index in [9.17, 15) is 0 Å². The lowest BCUT2D eigenvalue weighted by Gasteiger charge is -2.21. The van der Waals surface area contributed by atoms with Crippen LogP contribution in [0.3, 0.4) is 0 Å². The molecule has 3 nitrogen and oxygen atoms in total. The molecule has 106 valence electrons. The number of rotatable bonds is 6. The number of nitrogens with one attached hydrogen (secondary N) is 1. The molecule has 1 aliphatic carbocycles. The van der Waals surface area contributed by atoms with Crippen LogP contribution in [0.1, 0.15) is 63.2 Å². The first-order valence-electron chi connectivity index (χ1n) is 8.06. The van der Waals surface area contributed by atoms with Crippen molar-refractivity contribution in [2.45, 2.75) is 71.9 Å². The fourth-order valence-corrected chi connectivity index (χ4v) is 3.56. The molecule has 1 aliphatic heterocycles. The lowest BCUT2D eigenvalue weighted by atomic mass is 10.00. The Balaban J connectivity index is 1.87. The molecule has 0 bridgehead atoms. The van der Waals surface area contributed by atoms with Gasteiger partial charge in [0.2, 0.25) is 0 Å². The van der Waals surface area contributed by atoms with Crippen molar-refractivity contribution in [3.63, 3.8) is 0 Å². The molecule has 0 spiro atoms. The fourth-order valence-electron chi connectivity index (χ4n) is 3.56. The number of fused-ring (bicyclic) bond motifs is 1. The number of hydrogen-bond donors (Lipinski definition) is 1. The summed E-state index contributed by atoms with van der Waals surface area (Å²) in [5, 5.41) is 3.45. The molecule has 0 atom stereocenters. The second-order valence-corrected chi connectivity index (χ2v) is 6.43. The Morgan fingerprint density at radius 1 is 1.26 bits per heavy atom. The summed E-state index contributed by atoms with van der Waals surface area (Å²) in [6.45, 7) is 7.90. The van der Waals surface area contributed by atoms with Crippen LogP contribution in [0.5, 0.6) is 0 Å². The van der Waals surface area contributed by atoms with Crippen molar-refractivity contribution in [2.75, 3.05) is 6.54 Å². The average molecular weight is 261 g/mol. The Morgan fingerprint density at radius 2 is 2.11 bits per heavy atom. The lowest BCUT2D eigenvalue weighted by molar-refractivity contribution is 0.373. The van der Waals surface area contributed by atoms with Gasteiger partial charge >= 0.3 is 0 Å². The summed E-state index contributed by atoms with van der Waals surface area (Å²) >= 11 is 0. The van der Waals surface area contributed by atoms with E-state index in [4.69, 9.17) is 4.98 Å². The quantitative estimate of drug-likeness (QED) is 0.853. The number of imidazole rings is 1. The first-order chi connectivity index (χ1) is 9.28. The van der Waals surface area contributed by atoms with Crippen molar-refractivity contribution in [1.29, 1.82) is 0 Å². The van der Waals surface area contributed by atoms with Crippen molar-refractivity contribution >= 4 is 0 Å². The third kappa shape index (κ3) is 2.58. The topological polar surface area (TPSA) is 29.9 Å². The van der Waals surface area contributed by atoms with Gasteiger partial charge in [0.25, 0.3) is 0 Å². The van der Waals surface area contributed by atoms with Gasteiger partial charge in [0.1, 0.15) is 5.82 Å². The van der Waals surface area contributed by atoms with E-state index in [-0.39, 0.29) is 0 Å². The minimum Gasteiger partial charge on any atom is -0.331 e. The smallest absolute Gasteiger partial charge is 0.109 e. The van der Waals surface area contributed by atoms with Crippen LogP contribution in [0.2, 0.25) is 0 Å². The molecular weight excluding hydrogens is 234 g/mol. The highest BCUT2D eigenvalue weighted by Gasteiger charge is 2.42. The third-order valence-electron chi connectivity index (χ3n) is 4.77. The van der Waals surface area contributed by atoms with E-state index in [2.05, 4.69) is 23.7 Å². The Hall–Kier alpha value is -0.830. The first kappa shape index (κ1) is 13.2. The molecule has 1 aromatic heterocycles. The molecule has 0 radical (unpaired) electrons. The van der Waals surface area contributed by atoms with E-state index in [1.54, 1.807) is 0 Å². The largest absolute Gasteiger partial charge is 0.331 e. The normalized spacial score (nSPS) is 20.3. The van der Waals surface area contributed by atoms with Gasteiger partial charge in [-0.05, 0) is 31.1 Å². The van der Waals surface area contributed by atoms with Crippen LogP contribution < -0.4 is 5.32 Å². The zero-order valence-electron chi connectivity index (χ0n) is 12.5. The Morgan fingerprint density at radius 3 is 2.79 bits per heavy atom. The molecule has 19 heavy (non-hydrogen) atoms. The molecule has 1 aromatic rings. The summed E-state index contributed by atoms with van der Waals surface area (Å²) < 4.78 is 2.60. The molecule has 0 unspecified atom stereocenters. The molecule has 2 heterocycles. The fraction of sp³-hybridized carbons (Fsp3) is 0.812. The average Bonchev–Trinajstić information content (AvgIpc) is 3.08. The van der Waals surface area contributed by atoms with Crippen molar-refractivity contribution in [1.82, 2.24) is 14.9 Å². The molecule has 1 saturated carbocycles. The van der Waals surface area contributed by atoms with Gasteiger partial charge in [-0.1, -0.05) is 20.3 Å². The molecule has 0 saturated heterocycles. The van der Waals surface area contributed by atoms with Gasteiger partial charge in [0.15, 0.2) is 0 Å². The second-order valence-electron chi connectivity index (χ2n) is 6.43. The highest BCUT2D eigenvalue weighted by Crippen LogP contribution is 2.51. The molecular formula is C16H27N3. The van der Waals surface area contributed by atoms with Gasteiger partial charge in [0.05, 0.1) is 5.69 Å². The molecule has 0 aromatic carbocycles. The molecule has 2 aliphatic rings. The minimum absolute atomic E-state index is 0.622. The van der Waals surface area contributed by atoms with E-state index in [1.165, 1.54) is 55.9 Å². The Kier molecular flexibility index (Phi) is 3.66. The maximum atomic E-state index is 4.91. The van der Waals surface area contributed by atoms with Gasteiger partial charge in [-0.2, -0.15) is 0 Å². The summed E-state index contributed by atoms with van der Waals surface area (Å²) in [5.41, 5.74) is 3.47. The highest BCUT2D eigenvalue weighted by atomic mass is 15.1. The van der Waals surface area contributed by atoms with Crippen LogP contribution in [0, 0.1) is 5.41 Å². The van der Waals surface area contributed by atoms with Gasteiger partial charge in [-0.15, -0.1) is 0 Å². The number of aryl methyl sites for hydroxylation is 1. The van der Waals surface area contributed by atoms with Gasteiger partial charge < -0.3 is 9.88 Å². The van der Waals surface area contributed by atoms with Crippen LogP contribution in [0.4, 0.5) is 0 Å². The van der Waals surface area contributed by atoms with E-state index in [0.29, 0.717) is 5.41 Å². The maximum absolute atomic E-state index is 4.91. The van der Waals surface area contributed by atoms with Crippen LogP contribution >= 0.6 is 0 Å². The summed E-state index contributed by atoms with van der Waals surface area (Å²) in [6.07, 6.45) is 9.06. The van der Waals surface area contributed by atoms with Crippen molar-refractivity contribution in [2.24, 2.45) is 5.41 Å². The third-order valence-corrected chi connectivity index (χ3v) is 4.77. The zero-order chi connectivity index (χ0) is 13.3. The molecule has 3 heteroatoms. The number of aromatic nitrogens is 2. The highest BCUT2D eigenvalue weighted by molar-refractivity contribution is 5.21. The number of nitrogens with zero attached hydrogens (tertiary/aromatic N) is 2. The van der Waals surface area contributed by atoms with Crippen molar-refractivity contribution in [3.8, 4) is 0 Å². The summed E-state index contributed by atoms with van der Waals surface area (Å²) in [6, 6.07) is 0. The Bertz CT molecular complexity index is 443. The number of hydrogen-bond acceptors (Lipinski definition) is 2. The predicted octanol–water partition coefficient (Wildman–Crippen LogP) is 3.06. The maximum Gasteiger partial charge on any atom is 0.109 e. The van der Waals surface area contributed by atoms with E-state index < -0.39 is 0 Å². The Labute approximate surface area is 116 Å². The van der Waals surface area contributed by atoms with Crippen molar-refractivity contribution < 1.29 is 0 Å². The summed E-state index contributed by atoms with van der Waals surface area (Å²) in [4.78, 5) is 4.91. The standard InChI is InChI=1S/C16H27N3/c1-3-5-15-18-13-11-17-10-6-14(13)19(15)12-16(7-4-2)8-9-16/h17H,3-12H2,1-2H3. The predicted molar refractivity (Wildman–Crippen MR) is 78.2 cm³/mol. The van der Waals surface area contributed by atoms with Crippen LogP contribution in [-0.2, 0) is 25.9 Å². The molecule has 3 rings (SSSR count). The zero-order valence-corrected chi connectivity index (χ0v) is 12.5. The first-order valence-corrected chi connectivity index (χ1v) is 8.06. The van der Waals surface area contributed by atoms with Crippen LogP contribution in [-0.4, -0.2) is 16.1 Å². The van der Waals surface area contributed by atoms with Crippen LogP contribution in [0.15, 0.2) is 0 Å². The van der Waals surface area contributed by atoms with Crippen LogP contribution in [0.25, 0.3) is 0 Å². The van der Waals surface area contributed by atoms with E-state index in [1.807, 2.05) is 0 Å². The minimum atomic E-state index is 0.622. The van der Waals surface area contributed by atoms with E-state index >= 15 is 0 Å². The monoisotopic (exact) mass is 261 g/mol. The molecule has 1 N–H and O–H groups in total. The van der Waals surface area contributed by atoms with Crippen molar-refractivity contribution in [3.05, 3.63) is 17.2 Å². The summed E-state index contributed by atoms with van der Waals surface area (Å²) in [5.74, 6) is 1.35. The van der Waals surface area contributed by atoms with E-state index in [0.717, 1.165) is 25.9 Å². The SMILES string of the molecule is CCCc1nc2c(n1CC1(CCC)CC1)CCNC2. The van der Waals surface area contributed by atoms with Gasteiger partial charge in [-0.25, -0.2) is 4.98 Å². The summed E-state index contributed by atoms with van der Waals surface area (Å²) in [7, 11) is 0. The molecule has 0 amide bonds. The van der Waals surface area contributed by atoms with Gasteiger partial charge in [0, 0.05) is 38.2 Å². The molecule has 1 fully saturated rings. The lowest BCUT2D eigenvalue weighted by Crippen LogP contribution is -2.26.